The lowest BCUT2D eigenvalue weighted by Crippen LogP contribution is -2.35. The molecule has 20 heavy (non-hydrogen) atoms. The summed E-state index contributed by atoms with van der Waals surface area (Å²) in [7, 11) is 3.11. The fourth-order valence-corrected chi connectivity index (χ4v) is 2.23. The van der Waals surface area contributed by atoms with Gasteiger partial charge in [-0.15, -0.1) is 0 Å². The van der Waals surface area contributed by atoms with E-state index in [1.165, 1.54) is 7.11 Å². The van der Waals surface area contributed by atoms with Gasteiger partial charge < -0.3 is 14.4 Å². The van der Waals surface area contributed by atoms with Gasteiger partial charge in [0, 0.05) is 20.2 Å². The van der Waals surface area contributed by atoms with Gasteiger partial charge in [-0.1, -0.05) is 12.1 Å². The Morgan fingerprint density at radius 2 is 2.05 bits per heavy atom. The predicted molar refractivity (Wildman–Crippen MR) is 73.2 cm³/mol. The summed E-state index contributed by atoms with van der Waals surface area (Å²) in [6.45, 7) is 1.16. The topological polar surface area (TPSA) is 55.8 Å². The lowest BCUT2D eigenvalue weighted by atomic mass is 10.1. The molecule has 1 aliphatic rings. The van der Waals surface area contributed by atoms with E-state index in [0.29, 0.717) is 18.7 Å². The van der Waals surface area contributed by atoms with Crippen molar-refractivity contribution in [3.63, 3.8) is 0 Å². The average Bonchev–Trinajstić information content (AvgIpc) is 3.00. The van der Waals surface area contributed by atoms with E-state index >= 15 is 0 Å². The zero-order valence-corrected chi connectivity index (χ0v) is 11.8. The second kappa shape index (κ2) is 6.52. The first-order valence-electron chi connectivity index (χ1n) is 6.65. The number of likely N-dealkylation sites (N-methyl/N-ethyl adjacent to an activating group) is 1. The first-order valence-corrected chi connectivity index (χ1v) is 6.65. The van der Waals surface area contributed by atoms with Gasteiger partial charge in [-0.25, -0.2) is 4.79 Å². The largest absolute Gasteiger partial charge is 0.465 e. The SMILES string of the molecule is COC(=O)c1ccc(CN(C)C(=O)[C@H]2CCCO2)cc1. The number of ether oxygens (including phenoxy) is 2. The van der Waals surface area contributed by atoms with Crippen LogP contribution in [-0.4, -0.2) is 43.6 Å². The molecule has 0 radical (unpaired) electrons. The van der Waals surface area contributed by atoms with Gasteiger partial charge in [0.1, 0.15) is 6.10 Å². The number of carbonyl (C=O) groups excluding carboxylic acids is 2. The molecule has 5 heteroatoms. The minimum Gasteiger partial charge on any atom is -0.465 e. The number of methoxy groups -OCH3 is 1. The van der Waals surface area contributed by atoms with Crippen molar-refractivity contribution < 1.29 is 19.1 Å². The molecule has 2 rings (SSSR count). The molecule has 0 spiro atoms. The van der Waals surface area contributed by atoms with Crippen molar-refractivity contribution in [2.24, 2.45) is 0 Å². The molecule has 108 valence electrons. The van der Waals surface area contributed by atoms with E-state index < -0.39 is 0 Å². The number of carbonyl (C=O) groups is 2. The standard InChI is InChI=1S/C15H19NO4/c1-16(14(17)13-4-3-9-20-13)10-11-5-7-12(8-6-11)15(18)19-2/h5-8,13H,3-4,9-10H2,1-2H3/t13-/m1/s1. The molecule has 0 bridgehead atoms. The Labute approximate surface area is 118 Å². The summed E-state index contributed by atoms with van der Waals surface area (Å²) in [4.78, 5) is 25.1. The smallest absolute Gasteiger partial charge is 0.337 e. The van der Waals surface area contributed by atoms with Crippen LogP contribution in [0.1, 0.15) is 28.8 Å². The maximum absolute atomic E-state index is 12.1. The highest BCUT2D eigenvalue weighted by Crippen LogP contribution is 2.15. The van der Waals surface area contributed by atoms with Crippen LogP contribution in [0.3, 0.4) is 0 Å². The summed E-state index contributed by atoms with van der Waals surface area (Å²) in [5.74, 6) is -0.347. The molecule has 0 unspecified atom stereocenters. The summed E-state index contributed by atoms with van der Waals surface area (Å²) >= 11 is 0. The summed E-state index contributed by atoms with van der Waals surface area (Å²) in [5.41, 5.74) is 1.47. The van der Waals surface area contributed by atoms with Gasteiger partial charge in [0.15, 0.2) is 0 Å². The molecular weight excluding hydrogens is 258 g/mol. The van der Waals surface area contributed by atoms with Crippen molar-refractivity contribution in [1.82, 2.24) is 4.90 Å². The maximum Gasteiger partial charge on any atom is 0.337 e. The van der Waals surface area contributed by atoms with Crippen LogP contribution in [0.2, 0.25) is 0 Å². The Balaban J connectivity index is 1.95. The van der Waals surface area contributed by atoms with Crippen molar-refractivity contribution in [2.75, 3.05) is 20.8 Å². The van der Waals surface area contributed by atoms with Gasteiger partial charge in [0.05, 0.1) is 12.7 Å². The first-order chi connectivity index (χ1) is 9.61. The van der Waals surface area contributed by atoms with Crippen LogP contribution in [0, 0.1) is 0 Å². The Kier molecular flexibility index (Phi) is 4.74. The van der Waals surface area contributed by atoms with Gasteiger partial charge in [-0.05, 0) is 30.5 Å². The van der Waals surface area contributed by atoms with E-state index in [2.05, 4.69) is 4.74 Å². The van der Waals surface area contributed by atoms with Crippen LogP contribution in [-0.2, 0) is 20.8 Å². The van der Waals surface area contributed by atoms with E-state index in [-0.39, 0.29) is 18.0 Å². The highest BCUT2D eigenvalue weighted by atomic mass is 16.5. The molecular formula is C15H19NO4. The fourth-order valence-electron chi connectivity index (χ4n) is 2.23. The van der Waals surface area contributed by atoms with Crippen molar-refractivity contribution in [1.29, 1.82) is 0 Å². The van der Waals surface area contributed by atoms with Gasteiger partial charge >= 0.3 is 5.97 Å². The third-order valence-electron chi connectivity index (χ3n) is 3.38. The number of nitrogens with zero attached hydrogens (tertiary/aromatic N) is 1. The number of rotatable bonds is 4. The van der Waals surface area contributed by atoms with Crippen LogP contribution in [0.25, 0.3) is 0 Å². The lowest BCUT2D eigenvalue weighted by Gasteiger charge is -2.20. The molecule has 1 amide bonds. The molecule has 0 aromatic heterocycles. The molecule has 5 nitrogen and oxygen atoms in total. The van der Waals surface area contributed by atoms with Crippen LogP contribution >= 0.6 is 0 Å². The summed E-state index contributed by atoms with van der Waals surface area (Å²) in [5, 5.41) is 0. The number of hydrogen-bond donors (Lipinski definition) is 0. The minimum absolute atomic E-state index is 0.0135. The van der Waals surface area contributed by atoms with Crippen molar-refractivity contribution >= 4 is 11.9 Å². The molecule has 0 saturated carbocycles. The number of amides is 1. The van der Waals surface area contributed by atoms with E-state index in [9.17, 15) is 9.59 Å². The highest BCUT2D eigenvalue weighted by molar-refractivity contribution is 5.89. The van der Waals surface area contributed by atoms with Crippen molar-refractivity contribution in [3.8, 4) is 0 Å². The Hall–Kier alpha value is -1.88. The van der Waals surface area contributed by atoms with Crippen LogP contribution < -0.4 is 0 Å². The molecule has 1 atom stereocenters. The average molecular weight is 277 g/mol. The predicted octanol–water partition coefficient (Wildman–Crippen LogP) is 1.61. The summed E-state index contributed by atoms with van der Waals surface area (Å²) < 4.78 is 10.0. The van der Waals surface area contributed by atoms with Gasteiger partial charge in [-0.3, -0.25) is 4.79 Å². The third kappa shape index (κ3) is 3.36. The normalized spacial score (nSPS) is 17.8. The fraction of sp³-hybridized carbons (Fsp3) is 0.467. The van der Waals surface area contributed by atoms with E-state index in [4.69, 9.17) is 4.74 Å². The summed E-state index contributed by atoms with van der Waals surface area (Å²) in [6, 6.07) is 7.05. The van der Waals surface area contributed by atoms with Crippen LogP contribution in [0.15, 0.2) is 24.3 Å². The summed E-state index contributed by atoms with van der Waals surface area (Å²) in [6.07, 6.45) is 1.44. The quantitative estimate of drug-likeness (QED) is 0.785. The molecule has 1 aromatic carbocycles. The van der Waals surface area contributed by atoms with E-state index in [1.807, 2.05) is 12.1 Å². The third-order valence-corrected chi connectivity index (χ3v) is 3.38. The van der Waals surface area contributed by atoms with Gasteiger partial charge in [0.25, 0.3) is 5.91 Å². The zero-order chi connectivity index (χ0) is 14.5. The van der Waals surface area contributed by atoms with Crippen LogP contribution in [0.5, 0.6) is 0 Å². The molecule has 0 N–H and O–H groups in total. The van der Waals surface area contributed by atoms with Crippen molar-refractivity contribution in [2.45, 2.75) is 25.5 Å². The Morgan fingerprint density at radius 1 is 1.35 bits per heavy atom. The monoisotopic (exact) mass is 277 g/mol. The minimum atomic E-state index is -0.361. The number of benzene rings is 1. The maximum atomic E-state index is 12.1. The Bertz CT molecular complexity index is 477. The zero-order valence-electron chi connectivity index (χ0n) is 11.8. The van der Waals surface area contributed by atoms with E-state index in [0.717, 1.165) is 18.4 Å². The molecule has 1 fully saturated rings. The van der Waals surface area contributed by atoms with Crippen LogP contribution in [0.4, 0.5) is 0 Å². The van der Waals surface area contributed by atoms with Gasteiger partial charge in [0.2, 0.25) is 0 Å². The van der Waals surface area contributed by atoms with Crippen molar-refractivity contribution in [3.05, 3.63) is 35.4 Å². The Morgan fingerprint density at radius 3 is 2.60 bits per heavy atom. The highest BCUT2D eigenvalue weighted by Gasteiger charge is 2.26. The number of esters is 1. The van der Waals surface area contributed by atoms with Gasteiger partial charge in [-0.2, -0.15) is 0 Å². The second-order valence-corrected chi connectivity index (χ2v) is 4.88. The molecule has 0 aliphatic carbocycles. The second-order valence-electron chi connectivity index (χ2n) is 4.88. The molecule has 1 saturated heterocycles. The van der Waals surface area contributed by atoms with E-state index in [1.54, 1.807) is 24.1 Å². The number of hydrogen-bond acceptors (Lipinski definition) is 4. The lowest BCUT2D eigenvalue weighted by molar-refractivity contribution is -0.140. The first kappa shape index (κ1) is 14.5. The molecule has 1 aromatic rings. The molecule has 1 aliphatic heterocycles. The molecule has 1 heterocycles.